The summed E-state index contributed by atoms with van der Waals surface area (Å²) in [5, 5.41) is 3.61. The molecule has 0 bridgehead atoms. The van der Waals surface area contributed by atoms with E-state index >= 15 is 0 Å². The number of aryl methyl sites for hydroxylation is 1. The molecule has 0 spiro atoms. The highest BCUT2D eigenvalue weighted by molar-refractivity contribution is 5.48. The van der Waals surface area contributed by atoms with Crippen molar-refractivity contribution >= 4 is 0 Å². The number of hydrogen-bond acceptors (Lipinski definition) is 2. The summed E-state index contributed by atoms with van der Waals surface area (Å²) in [5.41, 5.74) is 4.20. The third kappa shape index (κ3) is 1.71. The topological polar surface area (TPSA) is 21.3 Å². The molecule has 2 unspecified atom stereocenters. The van der Waals surface area contributed by atoms with Gasteiger partial charge >= 0.3 is 0 Å². The van der Waals surface area contributed by atoms with Crippen molar-refractivity contribution in [1.29, 1.82) is 0 Å². The predicted octanol–water partition coefficient (Wildman–Crippen LogP) is 2.99. The second-order valence-corrected chi connectivity index (χ2v) is 4.66. The van der Waals surface area contributed by atoms with Gasteiger partial charge in [0.25, 0.3) is 0 Å². The number of hydrogen-bond donors (Lipinski definition) is 1. The van der Waals surface area contributed by atoms with Crippen molar-refractivity contribution in [3.05, 3.63) is 28.8 Å². The van der Waals surface area contributed by atoms with Gasteiger partial charge in [-0.25, -0.2) is 0 Å². The molecule has 2 rings (SSSR count). The lowest BCUT2D eigenvalue weighted by Gasteiger charge is -2.33. The normalized spacial score (nSPS) is 24.0. The monoisotopic (exact) mass is 219 g/mol. The fourth-order valence-corrected chi connectivity index (χ4v) is 2.77. The molecule has 0 radical (unpaired) electrons. The van der Waals surface area contributed by atoms with Gasteiger partial charge in [-0.2, -0.15) is 0 Å². The number of rotatable bonds is 2. The zero-order chi connectivity index (χ0) is 11.7. The molecule has 1 aliphatic heterocycles. The number of ether oxygens (including phenoxy) is 1. The lowest BCUT2D eigenvalue weighted by Crippen LogP contribution is -2.38. The summed E-state index contributed by atoms with van der Waals surface area (Å²) in [6, 6.07) is 4.82. The van der Waals surface area contributed by atoms with E-state index in [9.17, 15) is 0 Å². The summed E-state index contributed by atoms with van der Waals surface area (Å²) in [6.07, 6.45) is 1.16. The number of fused-ring (bicyclic) bond motifs is 1. The number of nitrogens with one attached hydrogen (secondary N) is 1. The average Bonchev–Trinajstić information content (AvgIpc) is 2.31. The quantitative estimate of drug-likeness (QED) is 0.825. The Morgan fingerprint density at radius 1 is 1.44 bits per heavy atom. The molecule has 16 heavy (non-hydrogen) atoms. The van der Waals surface area contributed by atoms with Crippen LogP contribution in [0.25, 0.3) is 0 Å². The molecule has 2 atom stereocenters. The van der Waals surface area contributed by atoms with Crippen LogP contribution in [0, 0.1) is 6.92 Å². The molecule has 1 aromatic carbocycles. The first-order chi connectivity index (χ1) is 7.69. The molecule has 0 saturated heterocycles. The zero-order valence-corrected chi connectivity index (χ0v) is 10.6. The van der Waals surface area contributed by atoms with Crippen LogP contribution in [0.4, 0.5) is 0 Å². The maximum Gasteiger partial charge on any atom is 0.122 e. The first-order valence-electron chi connectivity index (χ1n) is 6.08. The van der Waals surface area contributed by atoms with Crippen molar-refractivity contribution < 1.29 is 4.74 Å². The Kier molecular flexibility index (Phi) is 3.20. The van der Waals surface area contributed by atoms with Crippen LogP contribution in [-0.2, 0) is 6.54 Å². The molecule has 0 amide bonds. The van der Waals surface area contributed by atoms with Gasteiger partial charge in [-0.05, 0) is 30.5 Å². The molecule has 88 valence electrons. The summed E-state index contributed by atoms with van der Waals surface area (Å²) >= 11 is 0. The highest BCUT2D eigenvalue weighted by Crippen LogP contribution is 2.37. The van der Waals surface area contributed by atoms with Gasteiger partial charge in [0.05, 0.1) is 7.11 Å². The summed E-state index contributed by atoms with van der Waals surface area (Å²) in [5.74, 6) is 1.58. The minimum absolute atomic E-state index is 0.531. The largest absolute Gasteiger partial charge is 0.496 e. The number of methoxy groups -OCH3 is 1. The van der Waals surface area contributed by atoms with Gasteiger partial charge in [0.2, 0.25) is 0 Å². The zero-order valence-electron chi connectivity index (χ0n) is 10.6. The summed E-state index contributed by atoms with van der Waals surface area (Å²) < 4.78 is 5.50. The molecular weight excluding hydrogens is 198 g/mol. The predicted molar refractivity (Wildman–Crippen MR) is 67.1 cm³/mol. The fraction of sp³-hybridized carbons (Fsp3) is 0.571. The van der Waals surface area contributed by atoms with Crippen LogP contribution in [0.15, 0.2) is 12.1 Å². The molecule has 0 saturated carbocycles. The van der Waals surface area contributed by atoms with Crippen LogP contribution in [0.5, 0.6) is 5.75 Å². The molecule has 1 heterocycles. The van der Waals surface area contributed by atoms with Crippen molar-refractivity contribution in [3.8, 4) is 5.75 Å². The van der Waals surface area contributed by atoms with Crippen LogP contribution in [0.1, 0.15) is 42.9 Å². The molecule has 0 aromatic heterocycles. The van der Waals surface area contributed by atoms with E-state index in [0.29, 0.717) is 12.0 Å². The standard InChI is InChI=1S/C14H21NO/c1-5-12-10(3)14-11(8-15-12)9(2)6-7-13(14)16-4/h6-7,10,12,15H,5,8H2,1-4H3. The van der Waals surface area contributed by atoms with E-state index in [4.69, 9.17) is 4.74 Å². The summed E-state index contributed by atoms with van der Waals surface area (Å²) in [6.45, 7) is 7.68. The van der Waals surface area contributed by atoms with Gasteiger partial charge in [-0.15, -0.1) is 0 Å². The highest BCUT2D eigenvalue weighted by atomic mass is 16.5. The Labute approximate surface area is 98.0 Å². The fourth-order valence-electron chi connectivity index (χ4n) is 2.77. The number of benzene rings is 1. The van der Waals surface area contributed by atoms with E-state index in [0.717, 1.165) is 18.7 Å². The third-order valence-electron chi connectivity index (χ3n) is 3.81. The average molecular weight is 219 g/mol. The third-order valence-corrected chi connectivity index (χ3v) is 3.81. The Morgan fingerprint density at radius 3 is 2.81 bits per heavy atom. The SMILES string of the molecule is CCC1NCc2c(C)ccc(OC)c2C1C. The lowest BCUT2D eigenvalue weighted by molar-refractivity contribution is 0.369. The molecule has 1 N–H and O–H groups in total. The molecule has 0 aliphatic carbocycles. The van der Waals surface area contributed by atoms with Crippen molar-refractivity contribution in [1.82, 2.24) is 5.32 Å². The van der Waals surface area contributed by atoms with Crippen LogP contribution < -0.4 is 10.1 Å². The molecule has 0 fully saturated rings. The molecule has 1 aliphatic rings. The van der Waals surface area contributed by atoms with Gasteiger partial charge < -0.3 is 10.1 Å². The Balaban J connectivity index is 2.51. The van der Waals surface area contributed by atoms with Crippen LogP contribution in [-0.4, -0.2) is 13.2 Å². The van der Waals surface area contributed by atoms with E-state index in [1.165, 1.54) is 16.7 Å². The van der Waals surface area contributed by atoms with Gasteiger partial charge in [-0.3, -0.25) is 0 Å². The molecule has 2 heteroatoms. The second kappa shape index (κ2) is 4.46. The molecule has 2 nitrogen and oxygen atoms in total. The van der Waals surface area contributed by atoms with Crippen LogP contribution >= 0.6 is 0 Å². The maximum absolute atomic E-state index is 5.50. The van der Waals surface area contributed by atoms with Gasteiger partial charge in [-0.1, -0.05) is 19.9 Å². The van der Waals surface area contributed by atoms with Gasteiger partial charge in [0.1, 0.15) is 5.75 Å². The van der Waals surface area contributed by atoms with Crippen molar-refractivity contribution in [2.75, 3.05) is 7.11 Å². The molecule has 1 aromatic rings. The Hall–Kier alpha value is -1.02. The Morgan fingerprint density at radius 2 is 2.19 bits per heavy atom. The van der Waals surface area contributed by atoms with E-state index in [1.807, 2.05) is 0 Å². The molecular formula is C14H21NO. The van der Waals surface area contributed by atoms with Crippen molar-refractivity contribution in [3.63, 3.8) is 0 Å². The maximum atomic E-state index is 5.50. The van der Waals surface area contributed by atoms with Gasteiger partial charge in [0.15, 0.2) is 0 Å². The lowest BCUT2D eigenvalue weighted by atomic mass is 9.82. The first kappa shape index (κ1) is 11.5. The second-order valence-electron chi connectivity index (χ2n) is 4.66. The smallest absolute Gasteiger partial charge is 0.122 e. The highest BCUT2D eigenvalue weighted by Gasteiger charge is 2.28. The first-order valence-corrected chi connectivity index (χ1v) is 6.08. The Bertz CT molecular complexity index is 387. The van der Waals surface area contributed by atoms with E-state index in [1.54, 1.807) is 7.11 Å². The van der Waals surface area contributed by atoms with E-state index in [-0.39, 0.29) is 0 Å². The van der Waals surface area contributed by atoms with Crippen molar-refractivity contribution in [2.24, 2.45) is 0 Å². The van der Waals surface area contributed by atoms with Crippen molar-refractivity contribution in [2.45, 2.75) is 45.7 Å². The van der Waals surface area contributed by atoms with Crippen LogP contribution in [0.2, 0.25) is 0 Å². The van der Waals surface area contributed by atoms with E-state index in [2.05, 4.69) is 38.2 Å². The minimum atomic E-state index is 0.531. The van der Waals surface area contributed by atoms with Gasteiger partial charge in [0, 0.05) is 24.1 Å². The van der Waals surface area contributed by atoms with Crippen LogP contribution in [0.3, 0.4) is 0 Å². The summed E-state index contributed by atoms with van der Waals surface area (Å²) in [4.78, 5) is 0. The van der Waals surface area contributed by atoms with E-state index < -0.39 is 0 Å². The summed E-state index contributed by atoms with van der Waals surface area (Å²) in [7, 11) is 1.76. The minimum Gasteiger partial charge on any atom is -0.496 e.